The molecule has 3 aliphatic heterocycles. The van der Waals surface area contributed by atoms with Gasteiger partial charge in [0.1, 0.15) is 24.5 Å². The molecule has 9 nitrogen and oxygen atoms in total. The number of alkyl carbamates (subject to hydrolysis) is 1. The van der Waals surface area contributed by atoms with Crippen LogP contribution in [-0.4, -0.2) is 79.3 Å². The van der Waals surface area contributed by atoms with Crippen LogP contribution >= 0.6 is 0 Å². The van der Waals surface area contributed by atoms with E-state index in [-0.39, 0.29) is 29.0 Å². The molecule has 0 aromatic heterocycles. The number of hydrogen-bond donors (Lipinski definition) is 2. The molecule has 178 valence electrons. The molecule has 2 spiro atoms. The van der Waals surface area contributed by atoms with Gasteiger partial charge in [-0.25, -0.2) is 9.59 Å². The minimum absolute atomic E-state index is 0.0348. The molecule has 3 heterocycles. The van der Waals surface area contributed by atoms with Gasteiger partial charge in [-0.05, 0) is 36.8 Å². The normalized spacial score (nSPS) is 22.2. The lowest BCUT2D eigenvalue weighted by Crippen LogP contribution is -2.74. The second kappa shape index (κ2) is 8.43. The minimum atomic E-state index is -0.388. The topological polar surface area (TPSA) is 100 Å². The van der Waals surface area contributed by atoms with Crippen molar-refractivity contribution in [2.75, 3.05) is 45.9 Å². The van der Waals surface area contributed by atoms with Gasteiger partial charge in [0.15, 0.2) is 0 Å². The molecular formula is C24H32N4O5. The van der Waals surface area contributed by atoms with Gasteiger partial charge in [-0.15, -0.1) is 0 Å². The van der Waals surface area contributed by atoms with E-state index in [0.717, 1.165) is 38.1 Å². The van der Waals surface area contributed by atoms with Gasteiger partial charge in [0.05, 0.1) is 19.6 Å². The predicted molar refractivity (Wildman–Crippen MR) is 120 cm³/mol. The van der Waals surface area contributed by atoms with Crippen LogP contribution in [-0.2, 0) is 16.0 Å². The average molecular weight is 457 g/mol. The van der Waals surface area contributed by atoms with Crippen LogP contribution in [0.15, 0.2) is 24.3 Å². The third kappa shape index (κ3) is 4.32. The zero-order chi connectivity index (χ0) is 23.1. The summed E-state index contributed by atoms with van der Waals surface area (Å²) in [5.74, 6) is 1.53. The Bertz CT molecular complexity index is 931. The molecule has 5 rings (SSSR count). The molecule has 1 aromatic rings. The van der Waals surface area contributed by atoms with Crippen molar-refractivity contribution in [1.29, 1.82) is 0 Å². The highest BCUT2D eigenvalue weighted by molar-refractivity contribution is 5.79. The summed E-state index contributed by atoms with van der Waals surface area (Å²) in [4.78, 5) is 39.1. The summed E-state index contributed by atoms with van der Waals surface area (Å²) in [6.07, 6.45) is 3.33. The number of carbonyl (C=O) groups excluding carboxylic acids is 3. The number of amides is 4. The molecule has 2 N–H and O–H groups in total. The van der Waals surface area contributed by atoms with Crippen LogP contribution in [0.1, 0.15) is 31.7 Å². The van der Waals surface area contributed by atoms with Crippen molar-refractivity contribution in [3.8, 4) is 5.75 Å². The molecule has 3 saturated heterocycles. The zero-order valence-electron chi connectivity index (χ0n) is 19.1. The Labute approximate surface area is 193 Å². The molecule has 0 radical (unpaired) electrons. The molecule has 0 bridgehead atoms. The molecule has 0 unspecified atom stereocenters. The smallest absolute Gasteiger partial charge is 0.407 e. The van der Waals surface area contributed by atoms with Gasteiger partial charge < -0.3 is 29.9 Å². The van der Waals surface area contributed by atoms with Crippen molar-refractivity contribution < 1.29 is 23.9 Å². The van der Waals surface area contributed by atoms with Gasteiger partial charge in [-0.1, -0.05) is 25.1 Å². The Kier molecular flexibility index (Phi) is 5.58. The number of carbonyl (C=O) groups is 3. The molecule has 9 heteroatoms. The fourth-order valence-electron chi connectivity index (χ4n) is 5.75. The van der Waals surface area contributed by atoms with E-state index in [4.69, 9.17) is 9.47 Å². The Morgan fingerprint density at radius 3 is 2.61 bits per heavy atom. The first kappa shape index (κ1) is 21.9. The fraction of sp³-hybridized carbons (Fsp3) is 0.625. The number of cyclic esters (lactones) is 1. The Balaban J connectivity index is 1.04. The van der Waals surface area contributed by atoms with E-state index in [1.165, 1.54) is 5.56 Å². The number of benzene rings is 1. The van der Waals surface area contributed by atoms with E-state index in [1.807, 2.05) is 30.0 Å². The Morgan fingerprint density at radius 2 is 1.91 bits per heavy atom. The van der Waals surface area contributed by atoms with Gasteiger partial charge in [-0.2, -0.15) is 0 Å². The van der Waals surface area contributed by atoms with Crippen LogP contribution in [0.5, 0.6) is 5.75 Å². The van der Waals surface area contributed by atoms with Crippen molar-refractivity contribution in [3.05, 3.63) is 29.8 Å². The molecule has 0 atom stereocenters. The van der Waals surface area contributed by atoms with Gasteiger partial charge in [0, 0.05) is 24.9 Å². The van der Waals surface area contributed by atoms with Crippen molar-refractivity contribution in [2.45, 2.75) is 38.1 Å². The van der Waals surface area contributed by atoms with Crippen LogP contribution in [0.4, 0.5) is 9.59 Å². The van der Waals surface area contributed by atoms with Gasteiger partial charge in [0.25, 0.3) is 0 Å². The van der Waals surface area contributed by atoms with Crippen LogP contribution in [0.25, 0.3) is 0 Å². The minimum Gasteiger partial charge on any atom is -0.491 e. The quantitative estimate of drug-likeness (QED) is 0.609. The SMILES string of the molecule is CCC(=O)NCCOc1ccccc1CC1CC2(C1)CN(C(=O)N1CC3(COC(=O)N3)C1)C2. The number of rotatable bonds is 7. The number of urea groups is 1. The number of ether oxygens (including phenoxy) is 2. The van der Waals surface area contributed by atoms with Crippen LogP contribution in [0.3, 0.4) is 0 Å². The van der Waals surface area contributed by atoms with E-state index in [0.29, 0.717) is 45.2 Å². The van der Waals surface area contributed by atoms with Crippen molar-refractivity contribution in [1.82, 2.24) is 20.4 Å². The summed E-state index contributed by atoms with van der Waals surface area (Å²) < 4.78 is 10.9. The number of nitrogens with one attached hydrogen (secondary N) is 2. The number of nitrogens with zero attached hydrogens (tertiary/aromatic N) is 2. The number of hydrogen-bond acceptors (Lipinski definition) is 5. The molecule has 33 heavy (non-hydrogen) atoms. The van der Waals surface area contributed by atoms with Crippen LogP contribution < -0.4 is 15.4 Å². The van der Waals surface area contributed by atoms with Crippen molar-refractivity contribution >= 4 is 18.0 Å². The summed E-state index contributed by atoms with van der Waals surface area (Å²) in [6, 6.07) is 8.20. The number of para-hydroxylation sites is 1. The maximum Gasteiger partial charge on any atom is 0.407 e. The summed E-state index contributed by atoms with van der Waals surface area (Å²) in [6.45, 7) is 5.86. The van der Waals surface area contributed by atoms with Gasteiger partial charge in [0.2, 0.25) is 5.91 Å². The molecule has 1 saturated carbocycles. The second-order valence-corrected chi connectivity index (χ2v) is 10.1. The molecular weight excluding hydrogens is 424 g/mol. The maximum atomic E-state index is 12.7. The maximum absolute atomic E-state index is 12.7. The summed E-state index contributed by atoms with van der Waals surface area (Å²) >= 11 is 0. The number of likely N-dealkylation sites (tertiary alicyclic amines) is 2. The lowest BCUT2D eigenvalue weighted by molar-refractivity contribution is -0.120. The highest BCUT2D eigenvalue weighted by atomic mass is 16.6. The molecule has 1 aromatic carbocycles. The Hall–Kier alpha value is -2.97. The molecule has 4 fully saturated rings. The first-order valence-corrected chi connectivity index (χ1v) is 11.9. The summed E-state index contributed by atoms with van der Waals surface area (Å²) in [5, 5.41) is 5.65. The highest BCUT2D eigenvalue weighted by Gasteiger charge is 2.57. The largest absolute Gasteiger partial charge is 0.491 e. The first-order valence-electron chi connectivity index (χ1n) is 11.9. The van der Waals surface area contributed by atoms with Crippen molar-refractivity contribution in [3.63, 3.8) is 0 Å². The predicted octanol–water partition coefficient (Wildman–Crippen LogP) is 1.76. The average Bonchev–Trinajstić information content (AvgIpc) is 3.13. The summed E-state index contributed by atoms with van der Waals surface area (Å²) in [5.41, 5.74) is 1.11. The summed E-state index contributed by atoms with van der Waals surface area (Å²) in [7, 11) is 0. The molecule has 1 aliphatic carbocycles. The zero-order valence-corrected chi connectivity index (χ0v) is 19.1. The van der Waals surface area contributed by atoms with Gasteiger partial charge >= 0.3 is 12.1 Å². The Morgan fingerprint density at radius 1 is 1.18 bits per heavy atom. The standard InChI is InChI=1S/C24H32N4O5/c1-2-20(29)25-7-8-32-19-6-4-3-5-18(19)9-17-10-23(11-17)12-27(13-23)22(31)28-14-24(15-28)16-33-21(30)26-24/h3-6,17H,2,7-16H2,1H3,(H,25,29)(H,26,30). The monoisotopic (exact) mass is 456 g/mol. The van der Waals surface area contributed by atoms with Crippen LogP contribution in [0.2, 0.25) is 0 Å². The third-order valence-electron chi connectivity index (χ3n) is 7.35. The third-order valence-corrected chi connectivity index (χ3v) is 7.35. The fourth-order valence-corrected chi connectivity index (χ4v) is 5.75. The van der Waals surface area contributed by atoms with E-state index in [1.54, 1.807) is 4.90 Å². The second-order valence-electron chi connectivity index (χ2n) is 10.1. The lowest BCUT2D eigenvalue weighted by Gasteiger charge is -2.61. The highest BCUT2D eigenvalue weighted by Crippen LogP contribution is 2.53. The first-order chi connectivity index (χ1) is 15.9. The van der Waals surface area contributed by atoms with Crippen LogP contribution in [0, 0.1) is 11.3 Å². The molecule has 4 aliphatic rings. The lowest BCUT2D eigenvalue weighted by atomic mass is 9.56. The van der Waals surface area contributed by atoms with Gasteiger partial charge in [-0.3, -0.25) is 4.79 Å². The van der Waals surface area contributed by atoms with E-state index in [9.17, 15) is 14.4 Å². The van der Waals surface area contributed by atoms with Crippen molar-refractivity contribution in [2.24, 2.45) is 11.3 Å². The van der Waals surface area contributed by atoms with E-state index >= 15 is 0 Å². The van der Waals surface area contributed by atoms with E-state index < -0.39 is 0 Å². The van der Waals surface area contributed by atoms with E-state index in [2.05, 4.69) is 16.7 Å². The molecule has 4 amide bonds.